The van der Waals surface area contributed by atoms with Crippen molar-refractivity contribution in [1.29, 1.82) is 0 Å². The van der Waals surface area contributed by atoms with Crippen LogP contribution in [0.25, 0.3) is 0 Å². The molecule has 0 saturated carbocycles. The monoisotopic (exact) mass is 219 g/mol. The van der Waals surface area contributed by atoms with Gasteiger partial charge in [0.1, 0.15) is 17.7 Å². The van der Waals surface area contributed by atoms with Gasteiger partial charge in [-0.15, -0.1) is 0 Å². The predicted octanol–water partition coefficient (Wildman–Crippen LogP) is 1.08. The average molecular weight is 219 g/mol. The van der Waals surface area contributed by atoms with E-state index in [0.29, 0.717) is 22.7 Å². The number of ether oxygens (including phenoxy) is 1. The molecular weight excluding hydrogens is 206 g/mol. The van der Waals surface area contributed by atoms with E-state index in [2.05, 4.69) is 10.2 Å². The number of nitrogens with zero attached hydrogens (tertiary/aromatic N) is 1. The largest absolute Gasteiger partial charge is 0.496 e. The molecule has 1 atom stereocenters. The van der Waals surface area contributed by atoms with Crippen molar-refractivity contribution in [2.45, 2.75) is 6.10 Å². The van der Waals surface area contributed by atoms with Crippen LogP contribution in [0.1, 0.15) is 17.2 Å². The lowest BCUT2D eigenvalue weighted by Gasteiger charge is -2.13. The number of H-pyrrole nitrogens is 1. The van der Waals surface area contributed by atoms with Crippen LogP contribution in [-0.4, -0.2) is 22.4 Å². The molecule has 0 aliphatic carbocycles. The van der Waals surface area contributed by atoms with Crippen molar-refractivity contribution in [1.82, 2.24) is 10.2 Å². The van der Waals surface area contributed by atoms with Gasteiger partial charge in [0.05, 0.1) is 13.3 Å². The van der Waals surface area contributed by atoms with E-state index in [-0.39, 0.29) is 0 Å². The molecule has 1 aromatic heterocycles. The standard InChI is InChI=1S/C11H13N3O2/c1-16-9-5-3-2-4-7(9)10(15)8-6-13-14-11(8)12/h2-6,10,15H,1H3,(H3,12,13,14). The summed E-state index contributed by atoms with van der Waals surface area (Å²) in [4.78, 5) is 0. The van der Waals surface area contributed by atoms with E-state index >= 15 is 0 Å². The third kappa shape index (κ3) is 1.72. The Morgan fingerprint density at radius 2 is 2.12 bits per heavy atom. The second-order valence-corrected chi connectivity index (χ2v) is 3.38. The van der Waals surface area contributed by atoms with Crippen LogP contribution in [0.2, 0.25) is 0 Å². The highest BCUT2D eigenvalue weighted by Gasteiger charge is 2.18. The van der Waals surface area contributed by atoms with Crippen molar-refractivity contribution in [3.8, 4) is 5.75 Å². The number of nitrogens with one attached hydrogen (secondary N) is 1. The summed E-state index contributed by atoms with van der Waals surface area (Å²) in [6.07, 6.45) is 0.668. The van der Waals surface area contributed by atoms with Crippen LogP contribution in [0.15, 0.2) is 30.5 Å². The highest BCUT2D eigenvalue weighted by atomic mass is 16.5. The normalized spacial score (nSPS) is 12.4. The fraction of sp³-hybridized carbons (Fsp3) is 0.182. The van der Waals surface area contributed by atoms with Crippen molar-refractivity contribution < 1.29 is 9.84 Å². The summed E-state index contributed by atoms with van der Waals surface area (Å²) in [7, 11) is 1.56. The Kier molecular flexibility index (Phi) is 2.78. The fourth-order valence-electron chi connectivity index (χ4n) is 1.58. The lowest BCUT2D eigenvalue weighted by Crippen LogP contribution is -2.03. The molecule has 0 amide bonds. The number of aromatic amines is 1. The quantitative estimate of drug-likeness (QED) is 0.721. The number of aliphatic hydroxyl groups excluding tert-OH is 1. The van der Waals surface area contributed by atoms with Gasteiger partial charge in [-0.1, -0.05) is 18.2 Å². The summed E-state index contributed by atoms with van der Waals surface area (Å²) in [6, 6.07) is 7.25. The Hall–Kier alpha value is -2.01. The lowest BCUT2D eigenvalue weighted by atomic mass is 10.0. The Labute approximate surface area is 92.9 Å². The smallest absolute Gasteiger partial charge is 0.125 e. The van der Waals surface area contributed by atoms with E-state index in [4.69, 9.17) is 10.5 Å². The molecule has 0 fully saturated rings. The number of aliphatic hydroxyl groups is 1. The molecule has 84 valence electrons. The first kappa shape index (κ1) is 10.5. The predicted molar refractivity (Wildman–Crippen MR) is 60.1 cm³/mol. The van der Waals surface area contributed by atoms with Gasteiger partial charge in [-0.05, 0) is 6.07 Å². The van der Waals surface area contributed by atoms with Crippen LogP contribution in [0.4, 0.5) is 5.82 Å². The van der Waals surface area contributed by atoms with Gasteiger partial charge in [0, 0.05) is 11.1 Å². The van der Waals surface area contributed by atoms with Gasteiger partial charge in [-0.25, -0.2) is 0 Å². The minimum absolute atomic E-state index is 0.360. The van der Waals surface area contributed by atoms with E-state index < -0.39 is 6.10 Å². The second-order valence-electron chi connectivity index (χ2n) is 3.38. The number of methoxy groups -OCH3 is 1. The molecule has 0 spiro atoms. The maximum absolute atomic E-state index is 10.2. The molecular formula is C11H13N3O2. The number of aromatic nitrogens is 2. The number of para-hydroxylation sites is 1. The van der Waals surface area contributed by atoms with Crippen molar-refractivity contribution in [2.24, 2.45) is 0 Å². The topological polar surface area (TPSA) is 84.2 Å². The number of benzene rings is 1. The molecule has 0 saturated heterocycles. The van der Waals surface area contributed by atoms with E-state index in [9.17, 15) is 5.11 Å². The van der Waals surface area contributed by atoms with Crippen LogP contribution >= 0.6 is 0 Å². The van der Waals surface area contributed by atoms with Crippen LogP contribution in [0.5, 0.6) is 5.75 Å². The van der Waals surface area contributed by atoms with Crippen LogP contribution < -0.4 is 10.5 Å². The van der Waals surface area contributed by atoms with Gasteiger partial charge >= 0.3 is 0 Å². The first-order chi connectivity index (χ1) is 7.74. The Morgan fingerprint density at radius 1 is 1.38 bits per heavy atom. The van der Waals surface area contributed by atoms with E-state index in [0.717, 1.165) is 0 Å². The van der Waals surface area contributed by atoms with E-state index in [1.807, 2.05) is 12.1 Å². The van der Waals surface area contributed by atoms with Gasteiger partial charge in [0.25, 0.3) is 0 Å². The summed E-state index contributed by atoms with van der Waals surface area (Å²) >= 11 is 0. The summed E-state index contributed by atoms with van der Waals surface area (Å²) in [5.74, 6) is 0.981. The highest BCUT2D eigenvalue weighted by molar-refractivity contribution is 5.47. The first-order valence-electron chi connectivity index (χ1n) is 4.83. The fourth-order valence-corrected chi connectivity index (χ4v) is 1.58. The molecule has 4 N–H and O–H groups in total. The number of anilines is 1. The molecule has 0 bridgehead atoms. The van der Waals surface area contributed by atoms with E-state index in [1.165, 1.54) is 6.20 Å². The second kappa shape index (κ2) is 4.24. The molecule has 2 rings (SSSR count). The molecule has 0 aliphatic heterocycles. The van der Waals surface area contributed by atoms with Crippen molar-refractivity contribution in [2.75, 3.05) is 12.8 Å². The van der Waals surface area contributed by atoms with Gasteiger partial charge in [-0.3, -0.25) is 5.10 Å². The zero-order chi connectivity index (χ0) is 11.5. The highest BCUT2D eigenvalue weighted by Crippen LogP contribution is 2.31. The molecule has 2 aromatic rings. The van der Waals surface area contributed by atoms with E-state index in [1.54, 1.807) is 19.2 Å². The van der Waals surface area contributed by atoms with Crippen LogP contribution in [0.3, 0.4) is 0 Å². The first-order valence-corrected chi connectivity index (χ1v) is 4.83. The van der Waals surface area contributed by atoms with Crippen molar-refractivity contribution in [3.63, 3.8) is 0 Å². The molecule has 1 unspecified atom stereocenters. The minimum atomic E-state index is -0.838. The van der Waals surface area contributed by atoms with Crippen molar-refractivity contribution in [3.05, 3.63) is 41.6 Å². The average Bonchev–Trinajstić information content (AvgIpc) is 2.74. The Morgan fingerprint density at radius 3 is 2.75 bits per heavy atom. The summed E-state index contributed by atoms with van der Waals surface area (Å²) < 4.78 is 5.17. The third-order valence-electron chi connectivity index (χ3n) is 2.43. The van der Waals surface area contributed by atoms with Gasteiger partial charge in [0.15, 0.2) is 0 Å². The molecule has 0 radical (unpaired) electrons. The van der Waals surface area contributed by atoms with Crippen molar-refractivity contribution >= 4 is 5.82 Å². The number of rotatable bonds is 3. The van der Waals surface area contributed by atoms with Crippen LogP contribution in [-0.2, 0) is 0 Å². The van der Waals surface area contributed by atoms with Crippen LogP contribution in [0, 0.1) is 0 Å². The zero-order valence-electron chi connectivity index (χ0n) is 8.84. The molecule has 0 aliphatic rings. The summed E-state index contributed by atoms with van der Waals surface area (Å²) in [6.45, 7) is 0. The molecule has 1 heterocycles. The Balaban J connectivity index is 2.41. The minimum Gasteiger partial charge on any atom is -0.496 e. The summed E-state index contributed by atoms with van der Waals surface area (Å²) in [5, 5.41) is 16.5. The maximum Gasteiger partial charge on any atom is 0.125 e. The van der Waals surface area contributed by atoms with Gasteiger partial charge in [0.2, 0.25) is 0 Å². The molecule has 1 aromatic carbocycles. The maximum atomic E-state index is 10.2. The summed E-state index contributed by atoms with van der Waals surface area (Å²) in [5.41, 5.74) is 6.86. The zero-order valence-corrected chi connectivity index (χ0v) is 8.84. The number of hydrogen-bond donors (Lipinski definition) is 3. The number of nitrogens with two attached hydrogens (primary N) is 1. The Bertz CT molecular complexity index is 482. The SMILES string of the molecule is COc1ccccc1C(O)c1cn[nH]c1N. The lowest BCUT2D eigenvalue weighted by molar-refractivity contribution is 0.215. The van der Waals surface area contributed by atoms with Gasteiger partial charge < -0.3 is 15.6 Å². The molecule has 5 heteroatoms. The number of hydrogen-bond acceptors (Lipinski definition) is 4. The molecule has 5 nitrogen and oxygen atoms in total. The third-order valence-corrected chi connectivity index (χ3v) is 2.43. The van der Waals surface area contributed by atoms with Gasteiger partial charge in [-0.2, -0.15) is 5.10 Å². The number of nitrogen functional groups attached to an aromatic ring is 1. The molecule has 16 heavy (non-hydrogen) atoms.